The second-order valence-electron chi connectivity index (χ2n) is 6.28. The molecule has 0 heterocycles. The molecule has 4 atom stereocenters. The van der Waals surface area contributed by atoms with Gasteiger partial charge < -0.3 is 10.4 Å². The van der Waals surface area contributed by atoms with E-state index in [9.17, 15) is 9.90 Å². The fraction of sp³-hybridized carbons (Fsp3) is 0.611. The molecule has 1 aliphatic rings. The number of nitrogens with one attached hydrogen (secondary N) is 1. The van der Waals surface area contributed by atoms with E-state index in [1.54, 1.807) is 0 Å². The summed E-state index contributed by atoms with van der Waals surface area (Å²) < 4.78 is 0. The summed E-state index contributed by atoms with van der Waals surface area (Å²) in [5, 5.41) is 12.9. The highest BCUT2D eigenvalue weighted by atomic mass is 16.3. The molecule has 3 nitrogen and oxygen atoms in total. The molecule has 0 spiro atoms. The van der Waals surface area contributed by atoms with Gasteiger partial charge in [-0.15, -0.1) is 0 Å². The van der Waals surface area contributed by atoms with E-state index in [1.165, 1.54) is 0 Å². The van der Waals surface area contributed by atoms with Crippen LogP contribution in [-0.4, -0.2) is 23.7 Å². The molecule has 1 aliphatic carbocycles. The first-order valence-electron chi connectivity index (χ1n) is 8.14. The van der Waals surface area contributed by atoms with Gasteiger partial charge in [-0.05, 0) is 24.3 Å². The monoisotopic (exact) mass is 289 g/mol. The Kier molecular flexibility index (Phi) is 5.80. The van der Waals surface area contributed by atoms with Crippen molar-refractivity contribution in [1.29, 1.82) is 0 Å². The number of aliphatic hydroxyl groups excluding tert-OH is 1. The Bertz CT molecular complexity index is 446. The maximum Gasteiger partial charge on any atom is 0.227 e. The summed E-state index contributed by atoms with van der Waals surface area (Å²) >= 11 is 0. The lowest BCUT2D eigenvalue weighted by atomic mass is 9.84. The second kappa shape index (κ2) is 7.60. The van der Waals surface area contributed by atoms with Crippen LogP contribution < -0.4 is 5.32 Å². The lowest BCUT2D eigenvalue weighted by Crippen LogP contribution is -2.37. The Balaban J connectivity index is 2.01. The topological polar surface area (TPSA) is 49.3 Å². The van der Waals surface area contributed by atoms with Gasteiger partial charge in [-0.25, -0.2) is 0 Å². The van der Waals surface area contributed by atoms with Gasteiger partial charge in [-0.1, -0.05) is 57.0 Å². The van der Waals surface area contributed by atoms with Gasteiger partial charge in [-0.3, -0.25) is 4.79 Å². The SMILES string of the molecule is CCC(C)C(C(=O)NCC1CCCC1O)c1ccccc1. The lowest BCUT2D eigenvalue weighted by Gasteiger charge is -2.24. The maximum atomic E-state index is 12.6. The van der Waals surface area contributed by atoms with Crippen LogP contribution in [0.5, 0.6) is 0 Å². The van der Waals surface area contributed by atoms with Crippen LogP contribution >= 0.6 is 0 Å². The van der Waals surface area contributed by atoms with Crippen LogP contribution in [-0.2, 0) is 4.79 Å². The number of benzene rings is 1. The molecular weight excluding hydrogens is 262 g/mol. The number of amides is 1. The minimum absolute atomic E-state index is 0.0923. The third-order valence-corrected chi connectivity index (χ3v) is 4.81. The molecule has 0 saturated heterocycles. The minimum atomic E-state index is -0.246. The smallest absolute Gasteiger partial charge is 0.227 e. The maximum absolute atomic E-state index is 12.6. The van der Waals surface area contributed by atoms with Crippen molar-refractivity contribution in [2.24, 2.45) is 11.8 Å². The van der Waals surface area contributed by atoms with Gasteiger partial charge in [0.2, 0.25) is 5.91 Å². The van der Waals surface area contributed by atoms with Gasteiger partial charge in [0.25, 0.3) is 0 Å². The van der Waals surface area contributed by atoms with Crippen LogP contribution in [0.25, 0.3) is 0 Å². The largest absolute Gasteiger partial charge is 0.393 e. The van der Waals surface area contributed by atoms with Gasteiger partial charge in [0.15, 0.2) is 0 Å². The summed E-state index contributed by atoms with van der Waals surface area (Å²) in [6, 6.07) is 10.0. The summed E-state index contributed by atoms with van der Waals surface area (Å²) in [5.74, 6) is 0.521. The highest BCUT2D eigenvalue weighted by Gasteiger charge is 2.29. The van der Waals surface area contributed by atoms with Crippen LogP contribution in [0.3, 0.4) is 0 Å². The van der Waals surface area contributed by atoms with E-state index in [4.69, 9.17) is 0 Å². The van der Waals surface area contributed by atoms with E-state index in [-0.39, 0.29) is 23.8 Å². The first-order chi connectivity index (χ1) is 10.1. The number of carbonyl (C=O) groups excluding carboxylic acids is 1. The first kappa shape index (κ1) is 16.0. The van der Waals surface area contributed by atoms with Crippen LogP contribution in [0, 0.1) is 11.8 Å². The summed E-state index contributed by atoms with van der Waals surface area (Å²) in [5.41, 5.74) is 1.08. The predicted octanol–water partition coefficient (Wildman–Crippen LogP) is 3.09. The normalized spacial score (nSPS) is 24.5. The number of hydrogen-bond acceptors (Lipinski definition) is 2. The van der Waals surface area contributed by atoms with E-state index >= 15 is 0 Å². The standard InChI is InChI=1S/C18H27NO2/c1-3-13(2)17(14-8-5-4-6-9-14)18(21)19-12-15-10-7-11-16(15)20/h4-6,8-9,13,15-17,20H,3,7,10-12H2,1-2H3,(H,19,21). The van der Waals surface area contributed by atoms with Crippen molar-refractivity contribution in [3.63, 3.8) is 0 Å². The number of aliphatic hydroxyl groups is 1. The molecular formula is C18H27NO2. The summed E-state index contributed by atoms with van der Waals surface area (Å²) in [6.07, 6.45) is 3.67. The average Bonchev–Trinajstić information content (AvgIpc) is 2.91. The molecule has 1 aromatic carbocycles. The summed E-state index contributed by atoms with van der Waals surface area (Å²) in [7, 11) is 0. The number of carbonyl (C=O) groups is 1. The molecule has 1 saturated carbocycles. The molecule has 4 unspecified atom stereocenters. The molecule has 21 heavy (non-hydrogen) atoms. The molecule has 0 aliphatic heterocycles. The summed E-state index contributed by atoms with van der Waals surface area (Å²) in [4.78, 5) is 12.6. The van der Waals surface area contributed by atoms with Crippen LogP contribution in [0.4, 0.5) is 0 Å². The zero-order chi connectivity index (χ0) is 15.2. The third kappa shape index (κ3) is 4.07. The van der Waals surface area contributed by atoms with Crippen molar-refractivity contribution in [2.75, 3.05) is 6.54 Å². The van der Waals surface area contributed by atoms with Crippen molar-refractivity contribution in [3.05, 3.63) is 35.9 Å². The number of rotatable bonds is 6. The van der Waals surface area contributed by atoms with Crippen molar-refractivity contribution in [2.45, 2.75) is 51.6 Å². The van der Waals surface area contributed by atoms with Crippen LogP contribution in [0.2, 0.25) is 0 Å². The highest BCUT2D eigenvalue weighted by molar-refractivity contribution is 5.83. The number of hydrogen-bond donors (Lipinski definition) is 2. The molecule has 1 amide bonds. The van der Waals surface area contributed by atoms with E-state index < -0.39 is 0 Å². The molecule has 116 valence electrons. The molecule has 1 fully saturated rings. The summed E-state index contributed by atoms with van der Waals surface area (Å²) in [6.45, 7) is 4.84. The fourth-order valence-corrected chi connectivity index (χ4v) is 3.23. The molecule has 0 aromatic heterocycles. The molecule has 3 heteroatoms. The highest BCUT2D eigenvalue weighted by Crippen LogP contribution is 2.28. The van der Waals surface area contributed by atoms with Crippen molar-refractivity contribution < 1.29 is 9.90 Å². The molecule has 1 aromatic rings. The Labute approximate surface area is 127 Å². The third-order valence-electron chi connectivity index (χ3n) is 4.81. The Morgan fingerprint density at radius 1 is 1.33 bits per heavy atom. The predicted molar refractivity (Wildman–Crippen MR) is 85.0 cm³/mol. The second-order valence-corrected chi connectivity index (χ2v) is 6.28. The van der Waals surface area contributed by atoms with Crippen molar-refractivity contribution in [3.8, 4) is 0 Å². The fourth-order valence-electron chi connectivity index (χ4n) is 3.23. The zero-order valence-corrected chi connectivity index (χ0v) is 13.1. The molecule has 0 radical (unpaired) electrons. The van der Waals surface area contributed by atoms with Crippen LogP contribution in [0.1, 0.15) is 51.0 Å². The van der Waals surface area contributed by atoms with E-state index in [2.05, 4.69) is 19.2 Å². The van der Waals surface area contributed by atoms with Gasteiger partial charge in [0.1, 0.15) is 0 Å². The van der Waals surface area contributed by atoms with Gasteiger partial charge in [-0.2, -0.15) is 0 Å². The van der Waals surface area contributed by atoms with E-state index in [0.717, 1.165) is 31.2 Å². The molecule has 2 N–H and O–H groups in total. The Morgan fingerprint density at radius 3 is 2.62 bits per heavy atom. The Hall–Kier alpha value is -1.35. The molecule has 2 rings (SSSR count). The quantitative estimate of drug-likeness (QED) is 0.845. The average molecular weight is 289 g/mol. The zero-order valence-electron chi connectivity index (χ0n) is 13.1. The van der Waals surface area contributed by atoms with Crippen molar-refractivity contribution >= 4 is 5.91 Å². The van der Waals surface area contributed by atoms with Crippen molar-refractivity contribution in [1.82, 2.24) is 5.32 Å². The van der Waals surface area contributed by atoms with E-state index in [0.29, 0.717) is 12.5 Å². The van der Waals surface area contributed by atoms with E-state index in [1.807, 2.05) is 30.3 Å². The lowest BCUT2D eigenvalue weighted by molar-refractivity contribution is -0.124. The molecule has 0 bridgehead atoms. The van der Waals surface area contributed by atoms with Gasteiger partial charge >= 0.3 is 0 Å². The van der Waals surface area contributed by atoms with Gasteiger partial charge in [0.05, 0.1) is 12.0 Å². The minimum Gasteiger partial charge on any atom is -0.393 e. The first-order valence-corrected chi connectivity index (χ1v) is 8.14. The Morgan fingerprint density at radius 2 is 2.05 bits per heavy atom. The van der Waals surface area contributed by atoms with Gasteiger partial charge in [0, 0.05) is 12.5 Å². The van der Waals surface area contributed by atoms with Crippen LogP contribution in [0.15, 0.2) is 30.3 Å².